The fraction of sp³-hybridized carbons (Fsp3) is 0.0500. The number of benzene rings is 3. The molecule has 0 aliphatic rings. The molecule has 3 rings (SSSR count). The normalized spacial score (nSPS) is 10.2. The molecule has 108 valence electrons. The van der Waals surface area contributed by atoms with E-state index >= 15 is 0 Å². The van der Waals surface area contributed by atoms with Gasteiger partial charge in [-0.15, -0.1) is 0 Å². The van der Waals surface area contributed by atoms with Gasteiger partial charge in [0.25, 0.3) is 0 Å². The van der Waals surface area contributed by atoms with E-state index in [1.54, 1.807) is 7.05 Å². The maximum atomic E-state index is 7.79. The SMILES string of the molecule is CNC(=N)c1ccc(-c2cccc(-c3ccccc3)c2)cc1. The van der Waals surface area contributed by atoms with Gasteiger partial charge in [-0.05, 0) is 28.3 Å². The number of amidine groups is 1. The van der Waals surface area contributed by atoms with E-state index in [0.29, 0.717) is 5.84 Å². The van der Waals surface area contributed by atoms with Gasteiger partial charge in [-0.25, -0.2) is 0 Å². The second kappa shape index (κ2) is 6.27. The zero-order valence-corrected chi connectivity index (χ0v) is 12.5. The van der Waals surface area contributed by atoms with Gasteiger partial charge in [0.15, 0.2) is 0 Å². The Labute approximate surface area is 131 Å². The van der Waals surface area contributed by atoms with Gasteiger partial charge in [0.2, 0.25) is 0 Å². The molecule has 0 amide bonds. The van der Waals surface area contributed by atoms with Crippen molar-refractivity contribution < 1.29 is 0 Å². The van der Waals surface area contributed by atoms with Crippen LogP contribution in [0.3, 0.4) is 0 Å². The van der Waals surface area contributed by atoms with Crippen molar-refractivity contribution in [2.75, 3.05) is 7.05 Å². The van der Waals surface area contributed by atoms with E-state index in [4.69, 9.17) is 5.41 Å². The summed E-state index contributed by atoms with van der Waals surface area (Å²) in [5.74, 6) is 0.435. The predicted molar refractivity (Wildman–Crippen MR) is 93.2 cm³/mol. The fourth-order valence-corrected chi connectivity index (χ4v) is 2.48. The Morgan fingerprint density at radius 2 is 1.23 bits per heavy atom. The van der Waals surface area contributed by atoms with E-state index < -0.39 is 0 Å². The van der Waals surface area contributed by atoms with Gasteiger partial charge in [0.1, 0.15) is 5.84 Å². The van der Waals surface area contributed by atoms with Crippen LogP contribution in [0, 0.1) is 5.41 Å². The van der Waals surface area contributed by atoms with Crippen LogP contribution in [0.5, 0.6) is 0 Å². The monoisotopic (exact) mass is 286 g/mol. The smallest absolute Gasteiger partial charge is 0.125 e. The van der Waals surface area contributed by atoms with Gasteiger partial charge >= 0.3 is 0 Å². The van der Waals surface area contributed by atoms with Crippen molar-refractivity contribution in [1.82, 2.24) is 5.32 Å². The van der Waals surface area contributed by atoms with Crippen LogP contribution in [-0.4, -0.2) is 12.9 Å². The second-order valence-electron chi connectivity index (χ2n) is 5.15. The molecule has 0 radical (unpaired) electrons. The molecule has 22 heavy (non-hydrogen) atoms. The summed E-state index contributed by atoms with van der Waals surface area (Å²) in [4.78, 5) is 0. The van der Waals surface area contributed by atoms with E-state index in [1.807, 2.05) is 18.2 Å². The van der Waals surface area contributed by atoms with Crippen molar-refractivity contribution in [3.05, 3.63) is 84.4 Å². The highest BCUT2D eigenvalue weighted by Gasteiger charge is 2.03. The fourth-order valence-electron chi connectivity index (χ4n) is 2.48. The molecule has 0 atom stereocenters. The molecule has 3 aromatic rings. The Morgan fingerprint density at radius 3 is 1.82 bits per heavy atom. The molecule has 0 aliphatic heterocycles. The highest BCUT2D eigenvalue weighted by atomic mass is 14.9. The minimum atomic E-state index is 0.435. The molecular weight excluding hydrogens is 268 g/mol. The van der Waals surface area contributed by atoms with Crippen LogP contribution in [0.2, 0.25) is 0 Å². The first-order valence-electron chi connectivity index (χ1n) is 7.30. The maximum Gasteiger partial charge on any atom is 0.125 e. The van der Waals surface area contributed by atoms with Gasteiger partial charge in [-0.1, -0.05) is 72.8 Å². The highest BCUT2D eigenvalue weighted by molar-refractivity contribution is 5.96. The molecule has 0 saturated heterocycles. The molecule has 0 aliphatic carbocycles. The van der Waals surface area contributed by atoms with Crippen molar-refractivity contribution >= 4 is 5.84 Å². The maximum absolute atomic E-state index is 7.79. The van der Waals surface area contributed by atoms with Crippen molar-refractivity contribution in [2.24, 2.45) is 0 Å². The third-order valence-electron chi connectivity index (χ3n) is 3.73. The summed E-state index contributed by atoms with van der Waals surface area (Å²) in [5, 5.41) is 10.6. The van der Waals surface area contributed by atoms with Crippen LogP contribution >= 0.6 is 0 Å². The standard InChI is InChI=1S/C20H18N2/c1-22-20(21)17-12-10-16(11-13-17)19-9-5-8-18(14-19)15-6-3-2-4-7-15/h2-14H,1H3,(H2,21,22). The van der Waals surface area contributed by atoms with E-state index in [9.17, 15) is 0 Å². The van der Waals surface area contributed by atoms with Crippen molar-refractivity contribution in [3.8, 4) is 22.3 Å². The number of hydrogen-bond donors (Lipinski definition) is 2. The third-order valence-corrected chi connectivity index (χ3v) is 3.73. The molecular formula is C20H18N2. The van der Waals surface area contributed by atoms with Crippen molar-refractivity contribution in [1.29, 1.82) is 5.41 Å². The van der Waals surface area contributed by atoms with Gasteiger partial charge in [-0.3, -0.25) is 5.41 Å². The average molecular weight is 286 g/mol. The first kappa shape index (κ1) is 14.1. The Hall–Kier alpha value is -2.87. The molecule has 0 spiro atoms. The minimum absolute atomic E-state index is 0.435. The molecule has 0 bridgehead atoms. The lowest BCUT2D eigenvalue weighted by Gasteiger charge is -2.08. The second-order valence-corrected chi connectivity index (χ2v) is 5.15. The number of hydrogen-bond acceptors (Lipinski definition) is 1. The summed E-state index contributed by atoms with van der Waals surface area (Å²) in [6, 6.07) is 27.0. The van der Waals surface area contributed by atoms with Gasteiger partial charge < -0.3 is 5.32 Å². The Morgan fingerprint density at radius 1 is 0.682 bits per heavy atom. The summed E-state index contributed by atoms with van der Waals surface area (Å²) in [6.45, 7) is 0. The molecule has 2 heteroatoms. The van der Waals surface area contributed by atoms with Crippen LogP contribution < -0.4 is 5.32 Å². The average Bonchev–Trinajstić information content (AvgIpc) is 2.62. The largest absolute Gasteiger partial charge is 0.373 e. The quantitative estimate of drug-likeness (QED) is 0.537. The zero-order chi connectivity index (χ0) is 15.4. The van der Waals surface area contributed by atoms with Crippen LogP contribution in [0.1, 0.15) is 5.56 Å². The molecule has 0 heterocycles. The molecule has 0 saturated carbocycles. The summed E-state index contributed by atoms with van der Waals surface area (Å²) in [5.41, 5.74) is 5.67. The lowest BCUT2D eigenvalue weighted by atomic mass is 9.98. The lowest BCUT2D eigenvalue weighted by Crippen LogP contribution is -2.17. The minimum Gasteiger partial charge on any atom is -0.373 e. The lowest BCUT2D eigenvalue weighted by molar-refractivity contribution is 1.14. The molecule has 3 aromatic carbocycles. The van der Waals surface area contributed by atoms with Crippen molar-refractivity contribution in [2.45, 2.75) is 0 Å². The molecule has 2 N–H and O–H groups in total. The van der Waals surface area contributed by atoms with Gasteiger partial charge in [0.05, 0.1) is 0 Å². The zero-order valence-electron chi connectivity index (χ0n) is 12.5. The summed E-state index contributed by atoms with van der Waals surface area (Å²) >= 11 is 0. The van der Waals surface area contributed by atoms with E-state index in [0.717, 1.165) is 11.1 Å². The third kappa shape index (κ3) is 2.91. The topological polar surface area (TPSA) is 35.9 Å². The molecule has 0 fully saturated rings. The van der Waals surface area contributed by atoms with Gasteiger partial charge in [-0.2, -0.15) is 0 Å². The van der Waals surface area contributed by atoms with Crippen LogP contribution in [0.15, 0.2) is 78.9 Å². The van der Waals surface area contributed by atoms with Crippen LogP contribution in [0.25, 0.3) is 22.3 Å². The Kier molecular flexibility index (Phi) is 4.01. The van der Waals surface area contributed by atoms with E-state index in [1.165, 1.54) is 16.7 Å². The first-order chi connectivity index (χ1) is 10.8. The first-order valence-corrected chi connectivity index (χ1v) is 7.30. The van der Waals surface area contributed by atoms with Crippen molar-refractivity contribution in [3.63, 3.8) is 0 Å². The highest BCUT2D eigenvalue weighted by Crippen LogP contribution is 2.26. The van der Waals surface area contributed by atoms with Crippen LogP contribution in [0.4, 0.5) is 0 Å². The number of rotatable bonds is 3. The Bertz CT molecular complexity index is 774. The summed E-state index contributed by atoms with van der Waals surface area (Å²) in [6.07, 6.45) is 0. The molecule has 0 aromatic heterocycles. The van der Waals surface area contributed by atoms with Gasteiger partial charge in [0, 0.05) is 12.6 Å². The Balaban J connectivity index is 1.94. The van der Waals surface area contributed by atoms with Crippen LogP contribution in [-0.2, 0) is 0 Å². The molecule has 0 unspecified atom stereocenters. The summed E-state index contributed by atoms with van der Waals surface area (Å²) < 4.78 is 0. The summed E-state index contributed by atoms with van der Waals surface area (Å²) in [7, 11) is 1.76. The van der Waals surface area contributed by atoms with E-state index in [2.05, 4.69) is 66.0 Å². The predicted octanol–water partition coefficient (Wildman–Crippen LogP) is 4.57. The molecule has 2 nitrogen and oxygen atoms in total. The van der Waals surface area contributed by atoms with E-state index in [-0.39, 0.29) is 0 Å². The number of nitrogens with one attached hydrogen (secondary N) is 2.